The molecule has 4 aromatic heterocycles. The summed E-state index contributed by atoms with van der Waals surface area (Å²) in [6, 6.07) is 10.7. The number of ether oxygens (including phenoxy) is 1. The fourth-order valence-electron chi connectivity index (χ4n) is 2.66. The molecule has 27 heavy (non-hydrogen) atoms. The number of aromatic nitrogens is 2. The minimum absolute atomic E-state index is 0.0935. The van der Waals surface area contributed by atoms with Crippen LogP contribution in [-0.4, -0.2) is 15.7 Å². The highest BCUT2D eigenvalue weighted by atomic mass is 16.5. The minimum atomic E-state index is -0.672. The van der Waals surface area contributed by atoms with E-state index in [1.807, 2.05) is 6.07 Å². The van der Waals surface area contributed by atoms with Gasteiger partial charge in [0.2, 0.25) is 11.6 Å². The summed E-state index contributed by atoms with van der Waals surface area (Å²) in [6.45, 7) is 1.49. The lowest BCUT2D eigenvalue weighted by Crippen LogP contribution is -2.08. The number of furan rings is 2. The second-order valence-corrected chi connectivity index (χ2v) is 5.65. The number of esters is 1. The molecule has 0 aliphatic rings. The third-order valence-corrected chi connectivity index (χ3v) is 3.89. The van der Waals surface area contributed by atoms with Crippen LogP contribution in [-0.2, 0) is 11.3 Å². The lowest BCUT2D eigenvalue weighted by molar-refractivity contribution is 0.0462. The van der Waals surface area contributed by atoms with Gasteiger partial charge < -0.3 is 18.1 Å². The number of carbonyl (C=O) groups excluding carboxylic acids is 1. The van der Waals surface area contributed by atoms with Crippen molar-refractivity contribution in [2.45, 2.75) is 13.5 Å². The summed E-state index contributed by atoms with van der Waals surface area (Å²) in [5.41, 5.74) is 0.626. The smallest absolute Gasteiger partial charge is 0.343 e. The highest BCUT2D eigenvalue weighted by molar-refractivity contribution is 5.94. The predicted octanol–water partition coefficient (Wildman–Crippen LogP) is 3.86. The first-order valence-corrected chi connectivity index (χ1v) is 8.01. The van der Waals surface area contributed by atoms with Crippen LogP contribution in [0.15, 0.2) is 62.3 Å². The zero-order valence-corrected chi connectivity index (χ0v) is 14.2. The molecule has 0 aliphatic carbocycles. The molecule has 0 radical (unpaired) electrons. The van der Waals surface area contributed by atoms with E-state index in [9.17, 15) is 10.1 Å². The summed E-state index contributed by atoms with van der Waals surface area (Å²) in [5, 5.41) is 13.3. The van der Waals surface area contributed by atoms with Gasteiger partial charge in [0.1, 0.15) is 35.3 Å². The molecule has 0 saturated heterocycles. The molecule has 8 nitrogen and oxygen atoms in total. The fourth-order valence-corrected chi connectivity index (χ4v) is 2.66. The molecule has 0 atom stereocenters. The van der Waals surface area contributed by atoms with Crippen LogP contribution in [0.25, 0.3) is 17.4 Å². The Bertz CT molecular complexity index is 1110. The maximum absolute atomic E-state index is 12.5. The normalized spacial score (nSPS) is 10.7. The van der Waals surface area contributed by atoms with Crippen molar-refractivity contribution in [2.24, 2.45) is 0 Å². The van der Waals surface area contributed by atoms with Gasteiger partial charge in [-0.25, -0.2) is 4.79 Å². The molecule has 8 heteroatoms. The number of aryl methyl sites for hydroxylation is 1. The monoisotopic (exact) mass is 363 g/mol. The second-order valence-electron chi connectivity index (χ2n) is 5.65. The number of carbonyl (C=O) groups is 1. The molecular formula is C19H13N3O5. The zero-order valence-electron chi connectivity index (χ0n) is 14.2. The molecule has 0 aromatic carbocycles. The molecule has 0 bridgehead atoms. The van der Waals surface area contributed by atoms with Crippen molar-refractivity contribution >= 4 is 5.97 Å². The van der Waals surface area contributed by atoms with Crippen molar-refractivity contribution in [3.8, 4) is 23.5 Å². The standard InChI is InChI=1S/C19H13N3O5/c1-12-17(14(10-20)18(26-12)22-6-2-3-7-22)19(23)25-11-13-9-16(27-21-13)15-5-4-8-24-15/h2-9H,11H2,1H3. The first-order valence-electron chi connectivity index (χ1n) is 8.01. The lowest BCUT2D eigenvalue weighted by Gasteiger charge is -2.01. The van der Waals surface area contributed by atoms with E-state index in [4.69, 9.17) is 18.1 Å². The van der Waals surface area contributed by atoms with Crippen LogP contribution in [0.1, 0.15) is 27.4 Å². The van der Waals surface area contributed by atoms with Crippen LogP contribution in [0.3, 0.4) is 0 Å². The van der Waals surface area contributed by atoms with E-state index >= 15 is 0 Å². The van der Waals surface area contributed by atoms with E-state index in [2.05, 4.69) is 5.16 Å². The Morgan fingerprint density at radius 3 is 2.81 bits per heavy atom. The van der Waals surface area contributed by atoms with Gasteiger partial charge in [0.15, 0.2) is 5.76 Å². The number of rotatable bonds is 5. The van der Waals surface area contributed by atoms with Gasteiger partial charge in [0, 0.05) is 18.5 Å². The number of nitrogens with zero attached hydrogens (tertiary/aromatic N) is 3. The third-order valence-electron chi connectivity index (χ3n) is 3.89. The van der Waals surface area contributed by atoms with Crippen LogP contribution in [0.2, 0.25) is 0 Å². The van der Waals surface area contributed by atoms with Crippen molar-refractivity contribution in [1.29, 1.82) is 5.26 Å². The predicted molar refractivity (Wildman–Crippen MR) is 90.8 cm³/mol. The van der Waals surface area contributed by atoms with E-state index < -0.39 is 5.97 Å². The molecule has 4 rings (SSSR count). The molecule has 4 heterocycles. The summed E-state index contributed by atoms with van der Waals surface area (Å²) in [4.78, 5) is 12.5. The van der Waals surface area contributed by atoms with Crippen molar-refractivity contribution in [3.05, 3.63) is 71.6 Å². The lowest BCUT2D eigenvalue weighted by atomic mass is 10.1. The largest absolute Gasteiger partial charge is 0.461 e. The molecule has 0 spiro atoms. The summed E-state index contributed by atoms with van der Waals surface area (Å²) < 4.78 is 22.9. The van der Waals surface area contributed by atoms with Gasteiger partial charge in [0.05, 0.1) is 6.26 Å². The first-order chi connectivity index (χ1) is 13.2. The van der Waals surface area contributed by atoms with Crippen LogP contribution >= 0.6 is 0 Å². The third kappa shape index (κ3) is 3.02. The Morgan fingerprint density at radius 2 is 2.11 bits per heavy atom. The van der Waals surface area contributed by atoms with E-state index in [0.29, 0.717) is 23.0 Å². The number of hydrogen-bond donors (Lipinski definition) is 0. The molecule has 0 saturated carbocycles. The highest BCUT2D eigenvalue weighted by Crippen LogP contribution is 2.27. The minimum Gasteiger partial charge on any atom is -0.461 e. The molecule has 0 fully saturated rings. The van der Waals surface area contributed by atoms with Gasteiger partial charge >= 0.3 is 5.97 Å². The quantitative estimate of drug-likeness (QED) is 0.495. The average Bonchev–Trinajstić information content (AvgIpc) is 3.45. The maximum atomic E-state index is 12.5. The Hall–Kier alpha value is -3.99. The van der Waals surface area contributed by atoms with Crippen LogP contribution in [0.5, 0.6) is 0 Å². The van der Waals surface area contributed by atoms with Crippen molar-refractivity contribution in [1.82, 2.24) is 9.72 Å². The highest BCUT2D eigenvalue weighted by Gasteiger charge is 2.26. The Kier molecular flexibility index (Phi) is 4.10. The maximum Gasteiger partial charge on any atom is 0.343 e. The zero-order chi connectivity index (χ0) is 18.8. The topological polar surface area (TPSA) is 107 Å². The number of nitriles is 1. The molecule has 134 valence electrons. The summed E-state index contributed by atoms with van der Waals surface area (Å²) in [5.74, 6) is 0.853. The van der Waals surface area contributed by atoms with Gasteiger partial charge in [-0.15, -0.1) is 0 Å². The van der Waals surface area contributed by atoms with E-state index in [-0.39, 0.29) is 23.6 Å². The van der Waals surface area contributed by atoms with E-state index in [1.165, 1.54) is 6.26 Å². The molecule has 0 N–H and O–H groups in total. The summed E-state index contributed by atoms with van der Waals surface area (Å²) in [6.07, 6.45) is 4.96. The van der Waals surface area contributed by atoms with Gasteiger partial charge in [-0.3, -0.25) is 4.57 Å². The summed E-state index contributed by atoms with van der Waals surface area (Å²) >= 11 is 0. The fraction of sp³-hybridized carbons (Fsp3) is 0.105. The first kappa shape index (κ1) is 16.5. The van der Waals surface area contributed by atoms with Gasteiger partial charge in [-0.05, 0) is 31.2 Å². The van der Waals surface area contributed by atoms with Crippen LogP contribution in [0.4, 0.5) is 0 Å². The Balaban J connectivity index is 1.53. The summed E-state index contributed by atoms with van der Waals surface area (Å²) in [7, 11) is 0. The van der Waals surface area contributed by atoms with Crippen molar-refractivity contribution in [2.75, 3.05) is 0 Å². The number of hydrogen-bond acceptors (Lipinski definition) is 7. The SMILES string of the molecule is Cc1oc(-n2cccc2)c(C#N)c1C(=O)OCc1cc(-c2ccco2)on1. The molecule has 4 aromatic rings. The molecule has 0 amide bonds. The van der Waals surface area contributed by atoms with Crippen LogP contribution < -0.4 is 0 Å². The van der Waals surface area contributed by atoms with Gasteiger partial charge in [-0.1, -0.05) is 5.16 Å². The van der Waals surface area contributed by atoms with E-state index in [1.54, 1.807) is 54.2 Å². The second kappa shape index (κ2) is 6.72. The van der Waals surface area contributed by atoms with Crippen molar-refractivity contribution < 1.29 is 22.9 Å². The van der Waals surface area contributed by atoms with E-state index in [0.717, 1.165) is 0 Å². The molecule has 0 unspecified atom stereocenters. The van der Waals surface area contributed by atoms with Crippen molar-refractivity contribution in [3.63, 3.8) is 0 Å². The Labute approximate surface area is 153 Å². The Morgan fingerprint density at radius 1 is 1.30 bits per heavy atom. The average molecular weight is 363 g/mol. The van der Waals surface area contributed by atoms with Gasteiger partial charge in [-0.2, -0.15) is 5.26 Å². The van der Waals surface area contributed by atoms with Gasteiger partial charge in [0.25, 0.3) is 0 Å². The molecular weight excluding hydrogens is 350 g/mol. The van der Waals surface area contributed by atoms with Crippen LogP contribution in [0, 0.1) is 18.3 Å². The molecule has 0 aliphatic heterocycles.